The number of piperidine rings is 1. The lowest BCUT2D eigenvalue weighted by Crippen LogP contribution is -2.56. The van der Waals surface area contributed by atoms with Crippen molar-refractivity contribution in [2.24, 2.45) is 5.73 Å². The molecule has 3 rings (SSSR count). The van der Waals surface area contributed by atoms with Gasteiger partial charge in [0.05, 0.1) is 25.9 Å². The monoisotopic (exact) mass is 318 g/mol. The molecule has 5 nitrogen and oxygen atoms in total. The smallest absolute Gasteiger partial charge is 0.409 e. The van der Waals surface area contributed by atoms with Gasteiger partial charge in [-0.25, -0.2) is 4.79 Å². The second-order valence-electron chi connectivity index (χ2n) is 6.57. The Morgan fingerprint density at radius 3 is 2.74 bits per heavy atom. The highest BCUT2D eigenvalue weighted by Crippen LogP contribution is 2.38. The van der Waals surface area contributed by atoms with Crippen molar-refractivity contribution >= 4 is 6.09 Å². The lowest BCUT2D eigenvalue weighted by molar-refractivity contribution is -0.0459. The number of rotatable bonds is 4. The molecule has 0 radical (unpaired) electrons. The first-order valence-electron chi connectivity index (χ1n) is 8.45. The Bertz CT molecular complexity index is 516. The summed E-state index contributed by atoms with van der Waals surface area (Å²) < 4.78 is 10.9. The first kappa shape index (κ1) is 16.3. The maximum atomic E-state index is 11.9. The third-order valence-electron chi connectivity index (χ3n) is 5.11. The molecule has 1 aromatic carbocycles. The van der Waals surface area contributed by atoms with E-state index in [2.05, 4.69) is 24.3 Å². The summed E-state index contributed by atoms with van der Waals surface area (Å²) in [5.41, 5.74) is 7.58. The molecule has 1 aliphatic heterocycles. The Hall–Kier alpha value is -1.59. The number of amides is 1. The van der Waals surface area contributed by atoms with Crippen molar-refractivity contribution in [3.63, 3.8) is 0 Å². The van der Waals surface area contributed by atoms with Crippen LogP contribution < -0.4 is 5.73 Å². The number of carbonyl (C=O) groups excluding carboxylic acids is 1. The summed E-state index contributed by atoms with van der Waals surface area (Å²) in [6.45, 7) is 1.20. The minimum Gasteiger partial charge on any atom is -0.453 e. The van der Waals surface area contributed by atoms with Crippen molar-refractivity contribution in [3.05, 3.63) is 35.9 Å². The lowest BCUT2D eigenvalue weighted by Gasteiger charge is -2.41. The predicted octanol–water partition coefficient (Wildman–Crippen LogP) is 2.51. The summed E-state index contributed by atoms with van der Waals surface area (Å²) in [4.78, 5) is 13.6. The van der Waals surface area contributed by atoms with Crippen LogP contribution in [0.15, 0.2) is 30.3 Å². The lowest BCUT2D eigenvalue weighted by atomic mass is 9.77. The number of benzene rings is 1. The molecule has 1 aromatic rings. The van der Waals surface area contributed by atoms with Gasteiger partial charge in [0.15, 0.2) is 0 Å². The number of nitrogens with two attached hydrogens (primary N) is 1. The molecule has 2 fully saturated rings. The number of likely N-dealkylation sites (tertiary alicyclic amines) is 1. The van der Waals surface area contributed by atoms with E-state index in [0.717, 1.165) is 25.7 Å². The third kappa shape index (κ3) is 3.67. The Morgan fingerprint density at radius 1 is 1.30 bits per heavy atom. The molecule has 1 saturated heterocycles. The van der Waals surface area contributed by atoms with Gasteiger partial charge < -0.3 is 20.1 Å². The van der Waals surface area contributed by atoms with Gasteiger partial charge in [0.1, 0.15) is 0 Å². The van der Waals surface area contributed by atoms with E-state index in [-0.39, 0.29) is 24.3 Å². The normalized spacial score (nSPS) is 30.6. The minimum absolute atomic E-state index is 0.0344. The van der Waals surface area contributed by atoms with Crippen LogP contribution in [0.5, 0.6) is 0 Å². The molecule has 23 heavy (non-hydrogen) atoms. The van der Waals surface area contributed by atoms with E-state index >= 15 is 0 Å². The zero-order chi connectivity index (χ0) is 16.2. The first-order chi connectivity index (χ1) is 11.2. The molecule has 1 heterocycles. The van der Waals surface area contributed by atoms with Gasteiger partial charge in [-0.2, -0.15) is 0 Å². The van der Waals surface area contributed by atoms with E-state index in [4.69, 9.17) is 15.2 Å². The van der Waals surface area contributed by atoms with Crippen molar-refractivity contribution in [1.82, 2.24) is 4.90 Å². The second-order valence-corrected chi connectivity index (χ2v) is 6.57. The van der Waals surface area contributed by atoms with Crippen molar-refractivity contribution in [2.45, 2.75) is 49.8 Å². The number of hydrogen-bond acceptors (Lipinski definition) is 4. The van der Waals surface area contributed by atoms with Crippen LogP contribution in [0, 0.1) is 0 Å². The number of ether oxygens (including phenoxy) is 2. The summed E-state index contributed by atoms with van der Waals surface area (Å²) in [7, 11) is 1.41. The van der Waals surface area contributed by atoms with Gasteiger partial charge in [0.2, 0.25) is 0 Å². The number of hydrogen-bond donors (Lipinski definition) is 1. The minimum atomic E-state index is -0.301. The number of methoxy groups -OCH3 is 1. The Labute approximate surface area is 137 Å². The molecule has 0 aromatic heterocycles. The maximum Gasteiger partial charge on any atom is 0.409 e. The Balaban J connectivity index is 1.49. The molecule has 126 valence electrons. The van der Waals surface area contributed by atoms with Gasteiger partial charge in [-0.3, -0.25) is 0 Å². The zero-order valence-corrected chi connectivity index (χ0v) is 13.7. The van der Waals surface area contributed by atoms with Crippen LogP contribution in [0.2, 0.25) is 0 Å². The van der Waals surface area contributed by atoms with Crippen LogP contribution in [0.1, 0.15) is 37.2 Å². The molecule has 2 unspecified atom stereocenters. The number of carbonyl (C=O) groups is 1. The van der Waals surface area contributed by atoms with Crippen LogP contribution in [-0.2, 0) is 9.47 Å². The fourth-order valence-electron chi connectivity index (χ4n) is 3.58. The van der Waals surface area contributed by atoms with Crippen LogP contribution in [0.25, 0.3) is 0 Å². The summed E-state index contributed by atoms with van der Waals surface area (Å²) in [5, 5.41) is 0. The average molecular weight is 318 g/mol. The van der Waals surface area contributed by atoms with E-state index < -0.39 is 0 Å². The largest absolute Gasteiger partial charge is 0.453 e. The van der Waals surface area contributed by atoms with Crippen LogP contribution in [-0.4, -0.2) is 49.4 Å². The van der Waals surface area contributed by atoms with Crippen molar-refractivity contribution in [1.29, 1.82) is 0 Å². The average Bonchev–Trinajstić information content (AvgIpc) is 2.54. The highest BCUT2D eigenvalue weighted by Gasteiger charge is 2.36. The fraction of sp³-hybridized carbons (Fsp3) is 0.611. The zero-order valence-electron chi connectivity index (χ0n) is 13.7. The molecule has 1 amide bonds. The molecular weight excluding hydrogens is 292 g/mol. The van der Waals surface area contributed by atoms with Crippen molar-refractivity contribution in [2.75, 3.05) is 20.3 Å². The van der Waals surface area contributed by atoms with Crippen LogP contribution in [0.4, 0.5) is 4.79 Å². The molecule has 1 saturated carbocycles. The molecular formula is C18H26N2O3. The molecule has 2 aliphatic rings. The summed E-state index contributed by atoms with van der Waals surface area (Å²) in [5.74, 6) is 0.595. The van der Waals surface area contributed by atoms with Gasteiger partial charge in [-0.1, -0.05) is 30.3 Å². The van der Waals surface area contributed by atoms with Crippen LogP contribution in [0.3, 0.4) is 0 Å². The predicted molar refractivity (Wildman–Crippen MR) is 88.3 cm³/mol. The van der Waals surface area contributed by atoms with E-state index in [9.17, 15) is 4.79 Å². The fourth-order valence-corrected chi connectivity index (χ4v) is 3.58. The summed E-state index contributed by atoms with van der Waals surface area (Å²) >= 11 is 0. The van der Waals surface area contributed by atoms with Gasteiger partial charge in [-0.05, 0) is 37.2 Å². The molecule has 2 atom stereocenters. The van der Waals surface area contributed by atoms with Gasteiger partial charge in [-0.15, -0.1) is 0 Å². The van der Waals surface area contributed by atoms with Gasteiger partial charge >= 0.3 is 6.09 Å². The third-order valence-corrected chi connectivity index (χ3v) is 5.11. The quantitative estimate of drug-likeness (QED) is 0.926. The van der Waals surface area contributed by atoms with E-state index in [1.165, 1.54) is 12.7 Å². The highest BCUT2D eigenvalue weighted by atomic mass is 16.5. The maximum absolute atomic E-state index is 11.9. The SMILES string of the molecule is COC(=O)N1CCCC(N)C1COC1CC(c2ccccc2)C1. The van der Waals surface area contributed by atoms with Crippen LogP contribution >= 0.6 is 0 Å². The van der Waals surface area contributed by atoms with Gasteiger partial charge in [0, 0.05) is 12.6 Å². The standard InChI is InChI=1S/C18H26N2O3/c1-22-18(21)20-9-5-8-16(19)17(20)12-23-15-10-14(11-15)13-6-3-2-4-7-13/h2-4,6-7,14-17H,5,8-12,19H2,1H3. The van der Waals surface area contributed by atoms with E-state index in [0.29, 0.717) is 19.1 Å². The van der Waals surface area contributed by atoms with Crippen molar-refractivity contribution in [3.8, 4) is 0 Å². The van der Waals surface area contributed by atoms with Crippen molar-refractivity contribution < 1.29 is 14.3 Å². The summed E-state index contributed by atoms with van der Waals surface area (Å²) in [6.07, 6.45) is 3.91. The highest BCUT2D eigenvalue weighted by molar-refractivity contribution is 5.68. The Kier molecular flexibility index (Phi) is 5.18. The Morgan fingerprint density at radius 2 is 2.04 bits per heavy atom. The summed E-state index contributed by atoms with van der Waals surface area (Å²) in [6, 6.07) is 10.5. The number of nitrogens with zero attached hydrogens (tertiary/aromatic N) is 1. The molecule has 1 aliphatic carbocycles. The molecule has 0 spiro atoms. The topological polar surface area (TPSA) is 64.8 Å². The van der Waals surface area contributed by atoms with Gasteiger partial charge in [0.25, 0.3) is 0 Å². The molecule has 0 bridgehead atoms. The second kappa shape index (κ2) is 7.32. The first-order valence-corrected chi connectivity index (χ1v) is 8.45. The van der Waals surface area contributed by atoms with E-state index in [1.807, 2.05) is 6.07 Å². The van der Waals surface area contributed by atoms with E-state index in [1.54, 1.807) is 4.90 Å². The molecule has 5 heteroatoms. The molecule has 2 N–H and O–H groups in total.